The van der Waals surface area contributed by atoms with Gasteiger partial charge in [-0.3, -0.25) is 4.79 Å². The third kappa shape index (κ3) is 2.09. The van der Waals surface area contributed by atoms with Crippen molar-refractivity contribution < 1.29 is 9.21 Å². The van der Waals surface area contributed by atoms with Crippen molar-refractivity contribution in [2.75, 3.05) is 0 Å². The molecule has 0 saturated heterocycles. The van der Waals surface area contributed by atoms with E-state index >= 15 is 0 Å². The van der Waals surface area contributed by atoms with Crippen LogP contribution in [0.3, 0.4) is 0 Å². The highest BCUT2D eigenvalue weighted by Crippen LogP contribution is 2.27. The molecule has 3 nitrogen and oxygen atoms in total. The molecule has 17 heavy (non-hydrogen) atoms. The first-order valence-electron chi connectivity index (χ1n) is 6.20. The third-order valence-corrected chi connectivity index (χ3v) is 3.47. The Morgan fingerprint density at radius 2 is 2.06 bits per heavy atom. The summed E-state index contributed by atoms with van der Waals surface area (Å²) in [5, 5.41) is 0. The SMILES string of the molecule is O=C(Cc1nc2ccccc2o1)C1CCCC1. The summed E-state index contributed by atoms with van der Waals surface area (Å²) in [4.78, 5) is 16.3. The van der Waals surface area contributed by atoms with Crippen LogP contribution in [0.25, 0.3) is 11.1 Å². The lowest BCUT2D eigenvalue weighted by Crippen LogP contribution is -2.13. The molecule has 1 saturated carbocycles. The summed E-state index contributed by atoms with van der Waals surface area (Å²) in [7, 11) is 0. The van der Waals surface area contributed by atoms with Crippen LogP contribution in [0.15, 0.2) is 28.7 Å². The lowest BCUT2D eigenvalue weighted by Gasteiger charge is -2.04. The molecule has 0 bridgehead atoms. The van der Waals surface area contributed by atoms with Crippen LogP contribution in [-0.4, -0.2) is 10.8 Å². The largest absolute Gasteiger partial charge is 0.440 e. The monoisotopic (exact) mass is 229 g/mol. The Hall–Kier alpha value is -1.64. The van der Waals surface area contributed by atoms with Crippen LogP contribution >= 0.6 is 0 Å². The zero-order chi connectivity index (χ0) is 11.7. The number of rotatable bonds is 3. The Bertz CT molecular complexity index is 505. The van der Waals surface area contributed by atoms with E-state index < -0.39 is 0 Å². The maximum atomic E-state index is 12.0. The van der Waals surface area contributed by atoms with Gasteiger partial charge in [0.2, 0.25) is 5.89 Å². The Morgan fingerprint density at radius 1 is 1.29 bits per heavy atom. The van der Waals surface area contributed by atoms with Crippen LogP contribution in [-0.2, 0) is 11.2 Å². The van der Waals surface area contributed by atoms with E-state index in [1.54, 1.807) is 0 Å². The molecule has 1 aliphatic carbocycles. The third-order valence-electron chi connectivity index (χ3n) is 3.47. The van der Waals surface area contributed by atoms with E-state index in [2.05, 4.69) is 4.98 Å². The van der Waals surface area contributed by atoms with Gasteiger partial charge in [0.05, 0.1) is 6.42 Å². The molecule has 0 atom stereocenters. The van der Waals surface area contributed by atoms with Gasteiger partial charge in [0.1, 0.15) is 11.3 Å². The molecule has 1 aromatic heterocycles. The lowest BCUT2D eigenvalue weighted by molar-refractivity contribution is -0.122. The number of ketones is 1. The maximum absolute atomic E-state index is 12.0. The minimum absolute atomic E-state index is 0.241. The number of benzene rings is 1. The number of aromatic nitrogens is 1. The summed E-state index contributed by atoms with van der Waals surface area (Å²) in [5.74, 6) is 1.09. The van der Waals surface area contributed by atoms with Crippen molar-refractivity contribution in [3.63, 3.8) is 0 Å². The fraction of sp³-hybridized carbons (Fsp3) is 0.429. The molecule has 2 aromatic rings. The van der Waals surface area contributed by atoms with E-state index in [1.165, 1.54) is 12.8 Å². The number of carbonyl (C=O) groups excluding carboxylic acids is 1. The summed E-state index contributed by atoms with van der Waals surface area (Å²) in [5.41, 5.74) is 1.60. The van der Waals surface area contributed by atoms with E-state index in [9.17, 15) is 4.79 Å². The number of Topliss-reactive ketones (excluding diaryl/α,β-unsaturated/α-hetero) is 1. The minimum atomic E-state index is 0.241. The van der Waals surface area contributed by atoms with Crippen LogP contribution in [0, 0.1) is 5.92 Å². The molecule has 1 aromatic carbocycles. The van der Waals surface area contributed by atoms with Crippen molar-refractivity contribution >= 4 is 16.9 Å². The maximum Gasteiger partial charge on any atom is 0.202 e. The van der Waals surface area contributed by atoms with Gasteiger partial charge >= 0.3 is 0 Å². The Balaban J connectivity index is 1.77. The lowest BCUT2D eigenvalue weighted by atomic mass is 10.0. The van der Waals surface area contributed by atoms with E-state index in [-0.39, 0.29) is 11.7 Å². The van der Waals surface area contributed by atoms with Gasteiger partial charge < -0.3 is 4.42 Å². The average molecular weight is 229 g/mol. The zero-order valence-corrected chi connectivity index (χ0v) is 9.69. The fourth-order valence-electron chi connectivity index (χ4n) is 2.54. The van der Waals surface area contributed by atoms with E-state index in [0.29, 0.717) is 12.3 Å². The predicted molar refractivity (Wildman–Crippen MR) is 64.7 cm³/mol. The number of para-hydroxylation sites is 2. The first kappa shape index (κ1) is 10.5. The van der Waals surface area contributed by atoms with Gasteiger partial charge in [-0.1, -0.05) is 25.0 Å². The molecule has 0 amide bonds. The molecule has 1 heterocycles. The number of carbonyl (C=O) groups is 1. The summed E-state index contributed by atoms with van der Waals surface area (Å²) >= 11 is 0. The molecule has 1 fully saturated rings. The molecule has 88 valence electrons. The topological polar surface area (TPSA) is 43.1 Å². The number of hydrogen-bond acceptors (Lipinski definition) is 3. The van der Waals surface area contributed by atoms with Crippen molar-refractivity contribution in [3.8, 4) is 0 Å². The van der Waals surface area contributed by atoms with Crippen LogP contribution in [0.2, 0.25) is 0 Å². The summed E-state index contributed by atoms with van der Waals surface area (Å²) in [6.45, 7) is 0. The van der Waals surface area contributed by atoms with Crippen molar-refractivity contribution in [2.45, 2.75) is 32.1 Å². The zero-order valence-electron chi connectivity index (χ0n) is 9.69. The average Bonchev–Trinajstić information content (AvgIpc) is 2.97. The van der Waals surface area contributed by atoms with Crippen molar-refractivity contribution in [1.82, 2.24) is 4.98 Å². The number of oxazole rings is 1. The second-order valence-corrected chi connectivity index (χ2v) is 4.70. The van der Waals surface area contributed by atoms with E-state index in [1.807, 2.05) is 24.3 Å². The standard InChI is InChI=1S/C14H15NO2/c16-12(10-5-1-2-6-10)9-14-15-11-7-3-4-8-13(11)17-14/h3-4,7-8,10H,1-2,5-6,9H2. The molecule has 3 rings (SSSR count). The van der Waals surface area contributed by atoms with Gasteiger partial charge in [-0.25, -0.2) is 4.98 Å². The molecular weight excluding hydrogens is 214 g/mol. The summed E-state index contributed by atoms with van der Waals surface area (Å²) in [6, 6.07) is 7.62. The van der Waals surface area contributed by atoms with Crippen LogP contribution in [0.4, 0.5) is 0 Å². The van der Waals surface area contributed by atoms with Gasteiger partial charge in [0.15, 0.2) is 5.58 Å². The van der Waals surface area contributed by atoms with Gasteiger partial charge in [-0.05, 0) is 25.0 Å². The highest BCUT2D eigenvalue weighted by atomic mass is 16.3. The van der Waals surface area contributed by atoms with Gasteiger partial charge in [0.25, 0.3) is 0 Å². The first-order valence-corrected chi connectivity index (χ1v) is 6.20. The van der Waals surface area contributed by atoms with Crippen LogP contribution in [0.5, 0.6) is 0 Å². The van der Waals surface area contributed by atoms with E-state index in [0.717, 1.165) is 23.9 Å². The van der Waals surface area contributed by atoms with Crippen LogP contribution in [0.1, 0.15) is 31.6 Å². The molecule has 3 heteroatoms. The molecule has 1 aliphatic rings. The first-order chi connectivity index (χ1) is 8.33. The number of hydrogen-bond donors (Lipinski definition) is 0. The molecule has 0 radical (unpaired) electrons. The van der Waals surface area contributed by atoms with Crippen molar-refractivity contribution in [2.24, 2.45) is 5.92 Å². The van der Waals surface area contributed by atoms with Crippen molar-refractivity contribution in [1.29, 1.82) is 0 Å². The summed E-state index contributed by atoms with van der Waals surface area (Å²) < 4.78 is 5.57. The fourth-order valence-corrected chi connectivity index (χ4v) is 2.54. The van der Waals surface area contributed by atoms with E-state index in [4.69, 9.17) is 4.42 Å². The molecular formula is C14H15NO2. The second-order valence-electron chi connectivity index (χ2n) is 4.70. The van der Waals surface area contributed by atoms with Gasteiger partial charge in [-0.2, -0.15) is 0 Å². The molecule has 0 unspecified atom stereocenters. The van der Waals surface area contributed by atoms with Gasteiger partial charge in [-0.15, -0.1) is 0 Å². The highest BCUT2D eigenvalue weighted by Gasteiger charge is 2.24. The molecule has 0 aliphatic heterocycles. The quantitative estimate of drug-likeness (QED) is 0.812. The predicted octanol–water partition coefficient (Wildman–Crippen LogP) is 3.13. The van der Waals surface area contributed by atoms with Crippen molar-refractivity contribution in [3.05, 3.63) is 30.2 Å². The van der Waals surface area contributed by atoms with Gasteiger partial charge in [0, 0.05) is 5.92 Å². The Labute approximate surface area is 99.8 Å². The number of fused-ring (bicyclic) bond motifs is 1. The van der Waals surface area contributed by atoms with Crippen LogP contribution < -0.4 is 0 Å². The Morgan fingerprint density at radius 3 is 2.82 bits per heavy atom. The normalized spacial score (nSPS) is 16.7. The summed E-state index contributed by atoms with van der Waals surface area (Å²) in [6.07, 6.45) is 4.80. The molecule has 0 N–H and O–H groups in total. The Kier molecular flexibility index (Phi) is 2.67. The minimum Gasteiger partial charge on any atom is -0.440 e. The molecule has 0 spiro atoms. The number of nitrogens with zero attached hydrogens (tertiary/aromatic N) is 1. The highest BCUT2D eigenvalue weighted by molar-refractivity contribution is 5.83. The second kappa shape index (κ2) is 4.32. The smallest absolute Gasteiger partial charge is 0.202 e.